The Morgan fingerprint density at radius 2 is 1.90 bits per heavy atom. The standard InChI is InChI=1S/C15H13BrN2O3/c1-8-2-4-10(11(16)6-8)14(19)18-13-5-3-9(15(20)21)7-12(13)17/h2-7H,17H2,1H3,(H,18,19)(H,20,21). The fourth-order valence-corrected chi connectivity index (χ4v) is 2.48. The fourth-order valence-electron chi connectivity index (χ4n) is 1.80. The van der Waals surface area contributed by atoms with Crippen molar-refractivity contribution in [3.8, 4) is 0 Å². The van der Waals surface area contributed by atoms with Crippen LogP contribution in [0.25, 0.3) is 0 Å². The maximum atomic E-state index is 12.2. The van der Waals surface area contributed by atoms with Crippen molar-refractivity contribution >= 4 is 39.2 Å². The summed E-state index contributed by atoms with van der Waals surface area (Å²) >= 11 is 3.34. The number of hydrogen-bond donors (Lipinski definition) is 3. The Balaban J connectivity index is 2.25. The third kappa shape index (κ3) is 3.41. The first-order valence-electron chi connectivity index (χ1n) is 6.09. The predicted octanol–water partition coefficient (Wildman–Crippen LogP) is 3.29. The molecule has 5 nitrogen and oxygen atoms in total. The second kappa shape index (κ2) is 5.97. The number of hydrogen-bond acceptors (Lipinski definition) is 3. The lowest BCUT2D eigenvalue weighted by atomic mass is 10.1. The van der Waals surface area contributed by atoms with Crippen molar-refractivity contribution in [3.05, 3.63) is 57.6 Å². The van der Waals surface area contributed by atoms with Crippen LogP contribution < -0.4 is 11.1 Å². The van der Waals surface area contributed by atoms with Crippen molar-refractivity contribution in [3.63, 3.8) is 0 Å². The quantitative estimate of drug-likeness (QED) is 0.742. The number of rotatable bonds is 3. The lowest BCUT2D eigenvalue weighted by Gasteiger charge is -2.10. The van der Waals surface area contributed by atoms with Gasteiger partial charge >= 0.3 is 5.97 Å². The Morgan fingerprint density at radius 1 is 1.19 bits per heavy atom. The highest BCUT2D eigenvalue weighted by Crippen LogP contribution is 2.23. The smallest absolute Gasteiger partial charge is 0.335 e. The van der Waals surface area contributed by atoms with Crippen LogP contribution in [-0.2, 0) is 0 Å². The van der Waals surface area contributed by atoms with E-state index in [1.54, 1.807) is 6.07 Å². The molecule has 0 radical (unpaired) electrons. The van der Waals surface area contributed by atoms with E-state index < -0.39 is 5.97 Å². The van der Waals surface area contributed by atoms with Crippen molar-refractivity contribution in [1.29, 1.82) is 0 Å². The summed E-state index contributed by atoms with van der Waals surface area (Å²) in [6, 6.07) is 9.54. The van der Waals surface area contributed by atoms with Gasteiger partial charge in [-0.2, -0.15) is 0 Å². The molecule has 0 spiro atoms. The van der Waals surface area contributed by atoms with E-state index in [0.29, 0.717) is 15.7 Å². The number of nitrogens with two attached hydrogens (primary N) is 1. The summed E-state index contributed by atoms with van der Waals surface area (Å²) < 4.78 is 0.681. The van der Waals surface area contributed by atoms with Crippen LogP contribution in [0.2, 0.25) is 0 Å². The van der Waals surface area contributed by atoms with Crippen molar-refractivity contribution in [1.82, 2.24) is 0 Å². The van der Waals surface area contributed by atoms with Gasteiger partial charge < -0.3 is 16.2 Å². The molecule has 0 atom stereocenters. The van der Waals surface area contributed by atoms with Crippen molar-refractivity contribution in [2.45, 2.75) is 6.92 Å². The second-order valence-corrected chi connectivity index (χ2v) is 5.40. The molecule has 0 heterocycles. The molecule has 21 heavy (non-hydrogen) atoms. The summed E-state index contributed by atoms with van der Waals surface area (Å²) in [5.74, 6) is -1.39. The van der Waals surface area contributed by atoms with Crippen LogP contribution >= 0.6 is 15.9 Å². The Bertz CT molecular complexity index is 729. The van der Waals surface area contributed by atoms with Crippen LogP contribution in [0.3, 0.4) is 0 Å². The third-order valence-corrected chi connectivity index (χ3v) is 3.57. The molecule has 0 bridgehead atoms. The number of carbonyl (C=O) groups is 2. The molecule has 2 aromatic rings. The highest BCUT2D eigenvalue weighted by Gasteiger charge is 2.13. The molecule has 0 aliphatic heterocycles. The van der Waals surface area contributed by atoms with Crippen LogP contribution in [0.4, 0.5) is 11.4 Å². The van der Waals surface area contributed by atoms with Crippen molar-refractivity contribution in [2.24, 2.45) is 0 Å². The highest BCUT2D eigenvalue weighted by molar-refractivity contribution is 9.10. The average Bonchev–Trinajstić information content (AvgIpc) is 2.40. The molecule has 0 fully saturated rings. The predicted molar refractivity (Wildman–Crippen MR) is 84.6 cm³/mol. The number of nitrogens with one attached hydrogen (secondary N) is 1. The number of anilines is 2. The highest BCUT2D eigenvalue weighted by atomic mass is 79.9. The first-order valence-corrected chi connectivity index (χ1v) is 6.88. The van der Waals surface area contributed by atoms with Crippen LogP contribution in [0, 0.1) is 6.92 Å². The number of halogens is 1. The number of aromatic carboxylic acids is 1. The number of carboxylic acids is 1. The minimum Gasteiger partial charge on any atom is -0.478 e. The molecular weight excluding hydrogens is 336 g/mol. The average molecular weight is 349 g/mol. The first kappa shape index (κ1) is 15.1. The summed E-state index contributed by atoms with van der Waals surface area (Å²) in [6.45, 7) is 1.93. The van der Waals surface area contributed by atoms with Crippen molar-refractivity contribution in [2.75, 3.05) is 11.1 Å². The van der Waals surface area contributed by atoms with Gasteiger partial charge in [0.05, 0.1) is 22.5 Å². The second-order valence-electron chi connectivity index (χ2n) is 4.54. The molecule has 108 valence electrons. The van der Waals surface area contributed by atoms with Gasteiger partial charge in [0.25, 0.3) is 5.91 Å². The molecular formula is C15H13BrN2O3. The molecule has 0 aliphatic carbocycles. The van der Waals surface area contributed by atoms with E-state index in [-0.39, 0.29) is 17.2 Å². The molecule has 2 rings (SSSR count). The van der Waals surface area contributed by atoms with E-state index in [2.05, 4.69) is 21.2 Å². The number of carbonyl (C=O) groups excluding carboxylic acids is 1. The zero-order valence-corrected chi connectivity index (χ0v) is 12.8. The summed E-state index contributed by atoms with van der Waals surface area (Å²) in [6.07, 6.45) is 0. The molecule has 0 saturated heterocycles. The molecule has 6 heteroatoms. The van der Waals surface area contributed by atoms with Crippen molar-refractivity contribution < 1.29 is 14.7 Å². The van der Waals surface area contributed by atoms with Crippen LogP contribution in [0.15, 0.2) is 40.9 Å². The van der Waals surface area contributed by atoms with Gasteiger partial charge in [-0.1, -0.05) is 6.07 Å². The number of aryl methyl sites for hydroxylation is 1. The van der Waals surface area contributed by atoms with Gasteiger partial charge in [0.2, 0.25) is 0 Å². The van der Waals surface area contributed by atoms with Gasteiger partial charge in [-0.25, -0.2) is 4.79 Å². The summed E-state index contributed by atoms with van der Waals surface area (Å²) in [5, 5.41) is 11.5. The Morgan fingerprint density at radius 3 is 2.48 bits per heavy atom. The lowest BCUT2D eigenvalue weighted by Crippen LogP contribution is -2.14. The summed E-state index contributed by atoms with van der Waals surface area (Å²) in [7, 11) is 0. The number of amides is 1. The first-order chi connectivity index (χ1) is 9.88. The van der Waals surface area contributed by atoms with Gasteiger partial charge in [0, 0.05) is 4.47 Å². The van der Waals surface area contributed by atoms with Gasteiger partial charge in [-0.3, -0.25) is 4.79 Å². The monoisotopic (exact) mass is 348 g/mol. The largest absolute Gasteiger partial charge is 0.478 e. The van der Waals surface area contributed by atoms with E-state index in [9.17, 15) is 9.59 Å². The minimum absolute atomic E-state index is 0.0713. The Hall–Kier alpha value is -2.34. The minimum atomic E-state index is -1.07. The van der Waals surface area contributed by atoms with Gasteiger partial charge in [0.15, 0.2) is 0 Å². The molecule has 0 unspecified atom stereocenters. The maximum absolute atomic E-state index is 12.2. The number of carboxylic acid groups (broad SMARTS) is 1. The van der Waals surface area contributed by atoms with Gasteiger partial charge in [-0.05, 0) is 58.7 Å². The van der Waals surface area contributed by atoms with E-state index >= 15 is 0 Å². The van der Waals surface area contributed by atoms with E-state index in [0.717, 1.165) is 5.56 Å². The maximum Gasteiger partial charge on any atom is 0.335 e. The Labute approximate surface area is 129 Å². The van der Waals surface area contributed by atoms with E-state index in [4.69, 9.17) is 10.8 Å². The summed E-state index contributed by atoms with van der Waals surface area (Å²) in [5.41, 5.74) is 7.91. The van der Waals surface area contributed by atoms with Gasteiger partial charge in [0.1, 0.15) is 0 Å². The fraction of sp³-hybridized carbons (Fsp3) is 0.0667. The molecule has 0 aliphatic rings. The summed E-state index contributed by atoms with van der Waals surface area (Å²) in [4.78, 5) is 23.0. The normalized spacial score (nSPS) is 10.2. The number of nitrogen functional groups attached to an aromatic ring is 1. The van der Waals surface area contributed by atoms with Gasteiger partial charge in [-0.15, -0.1) is 0 Å². The van der Waals surface area contributed by atoms with E-state index in [1.807, 2.05) is 19.1 Å². The third-order valence-electron chi connectivity index (χ3n) is 2.92. The topological polar surface area (TPSA) is 92.4 Å². The SMILES string of the molecule is Cc1ccc(C(=O)Nc2ccc(C(=O)O)cc2N)c(Br)c1. The van der Waals surface area contributed by atoms with Crippen LogP contribution in [-0.4, -0.2) is 17.0 Å². The van der Waals surface area contributed by atoms with Crippen LogP contribution in [0.5, 0.6) is 0 Å². The Kier molecular flexibility index (Phi) is 4.28. The molecule has 0 aromatic heterocycles. The zero-order chi connectivity index (χ0) is 15.6. The lowest BCUT2D eigenvalue weighted by molar-refractivity contribution is 0.0697. The van der Waals surface area contributed by atoms with Crippen LogP contribution in [0.1, 0.15) is 26.3 Å². The van der Waals surface area contributed by atoms with E-state index in [1.165, 1.54) is 18.2 Å². The molecule has 0 saturated carbocycles. The molecule has 4 N–H and O–H groups in total. The zero-order valence-electron chi connectivity index (χ0n) is 11.2. The molecule has 1 amide bonds. The number of benzene rings is 2. The molecule has 2 aromatic carbocycles.